The van der Waals surface area contributed by atoms with Gasteiger partial charge < -0.3 is 4.74 Å². The first kappa shape index (κ1) is 12.8. The smallest absolute Gasteiger partial charge is 0.0883 e. The van der Waals surface area contributed by atoms with Crippen molar-refractivity contribution in [2.24, 2.45) is 0 Å². The lowest BCUT2D eigenvalue weighted by molar-refractivity contribution is -0.0702. The van der Waals surface area contributed by atoms with Crippen LogP contribution in [0, 0.1) is 0 Å². The molecule has 1 atom stereocenters. The summed E-state index contributed by atoms with van der Waals surface area (Å²) < 4.78 is 6.21. The van der Waals surface area contributed by atoms with E-state index in [0.29, 0.717) is 0 Å². The molecule has 0 aromatic heterocycles. The highest BCUT2D eigenvalue weighted by Crippen LogP contribution is 2.31. The molecule has 94 valence electrons. The van der Waals surface area contributed by atoms with Gasteiger partial charge in [0.15, 0.2) is 0 Å². The molecule has 0 saturated heterocycles. The van der Waals surface area contributed by atoms with Crippen molar-refractivity contribution in [3.8, 4) is 0 Å². The fourth-order valence-electron chi connectivity index (χ4n) is 2.14. The van der Waals surface area contributed by atoms with Crippen LogP contribution in [0.2, 0.25) is 0 Å². The SMILES string of the molecule is CC(OC(C)(C)c1ccccc1)c1ccccc1. The zero-order valence-corrected chi connectivity index (χ0v) is 11.3. The van der Waals surface area contributed by atoms with Crippen molar-refractivity contribution in [1.29, 1.82) is 0 Å². The van der Waals surface area contributed by atoms with E-state index in [1.807, 2.05) is 36.4 Å². The molecule has 0 amide bonds. The highest BCUT2D eigenvalue weighted by molar-refractivity contribution is 5.22. The van der Waals surface area contributed by atoms with E-state index in [1.165, 1.54) is 11.1 Å². The molecule has 2 aromatic rings. The molecule has 0 aliphatic carbocycles. The van der Waals surface area contributed by atoms with Gasteiger partial charge in [0.1, 0.15) is 0 Å². The zero-order valence-electron chi connectivity index (χ0n) is 11.3. The third-order valence-corrected chi connectivity index (χ3v) is 3.21. The fourth-order valence-corrected chi connectivity index (χ4v) is 2.14. The van der Waals surface area contributed by atoms with E-state index in [9.17, 15) is 0 Å². The number of ether oxygens (including phenoxy) is 1. The average Bonchev–Trinajstić information content (AvgIpc) is 2.40. The summed E-state index contributed by atoms with van der Waals surface area (Å²) in [6.45, 7) is 6.32. The van der Waals surface area contributed by atoms with Gasteiger partial charge in [0, 0.05) is 0 Å². The van der Waals surface area contributed by atoms with Crippen molar-refractivity contribution in [3.05, 3.63) is 71.8 Å². The Kier molecular flexibility index (Phi) is 3.83. The largest absolute Gasteiger partial charge is 0.363 e. The van der Waals surface area contributed by atoms with Crippen molar-refractivity contribution >= 4 is 0 Å². The Morgan fingerprint density at radius 2 is 1.33 bits per heavy atom. The molecule has 1 unspecified atom stereocenters. The van der Waals surface area contributed by atoms with Crippen LogP contribution in [0.4, 0.5) is 0 Å². The molecule has 0 spiro atoms. The molecular formula is C17H20O. The van der Waals surface area contributed by atoms with Crippen LogP contribution in [0.3, 0.4) is 0 Å². The van der Waals surface area contributed by atoms with Gasteiger partial charge in [-0.15, -0.1) is 0 Å². The normalized spacial score (nSPS) is 13.3. The van der Waals surface area contributed by atoms with Gasteiger partial charge in [0.2, 0.25) is 0 Å². The van der Waals surface area contributed by atoms with Gasteiger partial charge in [-0.3, -0.25) is 0 Å². The Labute approximate surface area is 109 Å². The average molecular weight is 240 g/mol. The van der Waals surface area contributed by atoms with Crippen molar-refractivity contribution in [2.45, 2.75) is 32.5 Å². The molecular weight excluding hydrogens is 220 g/mol. The van der Waals surface area contributed by atoms with E-state index < -0.39 is 0 Å². The van der Waals surface area contributed by atoms with Gasteiger partial charge in [-0.25, -0.2) is 0 Å². The van der Waals surface area contributed by atoms with E-state index in [4.69, 9.17) is 4.74 Å². The minimum atomic E-state index is -0.281. The van der Waals surface area contributed by atoms with Crippen LogP contribution in [0.5, 0.6) is 0 Å². The van der Waals surface area contributed by atoms with E-state index in [1.54, 1.807) is 0 Å². The maximum atomic E-state index is 6.21. The van der Waals surface area contributed by atoms with Gasteiger partial charge >= 0.3 is 0 Å². The molecule has 0 radical (unpaired) electrons. The highest BCUT2D eigenvalue weighted by Gasteiger charge is 2.24. The van der Waals surface area contributed by atoms with Crippen LogP contribution in [0.15, 0.2) is 60.7 Å². The van der Waals surface area contributed by atoms with Gasteiger partial charge in [-0.1, -0.05) is 60.7 Å². The summed E-state index contributed by atoms with van der Waals surface area (Å²) in [7, 11) is 0. The number of benzene rings is 2. The van der Waals surface area contributed by atoms with Gasteiger partial charge in [-0.05, 0) is 31.9 Å². The minimum Gasteiger partial charge on any atom is -0.363 e. The first-order valence-electron chi connectivity index (χ1n) is 6.38. The Hall–Kier alpha value is -1.60. The molecule has 1 nitrogen and oxygen atoms in total. The summed E-state index contributed by atoms with van der Waals surface area (Å²) in [6.07, 6.45) is 0.0846. The lowest BCUT2D eigenvalue weighted by Crippen LogP contribution is -2.23. The maximum absolute atomic E-state index is 6.21. The van der Waals surface area contributed by atoms with Crippen LogP contribution < -0.4 is 0 Å². The molecule has 0 aliphatic rings. The molecule has 0 aliphatic heterocycles. The molecule has 2 aromatic carbocycles. The highest BCUT2D eigenvalue weighted by atomic mass is 16.5. The van der Waals surface area contributed by atoms with E-state index in [2.05, 4.69) is 45.0 Å². The summed E-state index contributed by atoms with van der Waals surface area (Å²) in [5.74, 6) is 0. The predicted octanol–water partition coefficient (Wildman–Crippen LogP) is 4.70. The maximum Gasteiger partial charge on any atom is 0.0883 e. The van der Waals surface area contributed by atoms with E-state index >= 15 is 0 Å². The summed E-state index contributed by atoms with van der Waals surface area (Å²) in [4.78, 5) is 0. The predicted molar refractivity (Wildman–Crippen MR) is 75.4 cm³/mol. The van der Waals surface area contributed by atoms with Crippen LogP contribution in [-0.4, -0.2) is 0 Å². The molecule has 2 rings (SSSR count). The monoisotopic (exact) mass is 240 g/mol. The van der Waals surface area contributed by atoms with E-state index in [-0.39, 0.29) is 11.7 Å². The van der Waals surface area contributed by atoms with Crippen molar-refractivity contribution < 1.29 is 4.74 Å². The Balaban J connectivity index is 2.14. The molecule has 0 fully saturated rings. The van der Waals surface area contributed by atoms with Crippen LogP contribution in [0.25, 0.3) is 0 Å². The molecule has 1 heteroatoms. The summed E-state index contributed by atoms with van der Waals surface area (Å²) >= 11 is 0. The molecule has 0 heterocycles. The van der Waals surface area contributed by atoms with Crippen LogP contribution in [-0.2, 0) is 10.3 Å². The summed E-state index contributed by atoms with van der Waals surface area (Å²) in [5, 5.41) is 0. The topological polar surface area (TPSA) is 9.23 Å². The van der Waals surface area contributed by atoms with Crippen molar-refractivity contribution in [2.75, 3.05) is 0 Å². The lowest BCUT2D eigenvalue weighted by Gasteiger charge is -2.30. The van der Waals surface area contributed by atoms with Crippen molar-refractivity contribution in [1.82, 2.24) is 0 Å². The lowest BCUT2D eigenvalue weighted by atomic mass is 9.97. The first-order valence-corrected chi connectivity index (χ1v) is 6.38. The third-order valence-electron chi connectivity index (χ3n) is 3.21. The van der Waals surface area contributed by atoms with Crippen molar-refractivity contribution in [3.63, 3.8) is 0 Å². The first-order chi connectivity index (χ1) is 8.59. The van der Waals surface area contributed by atoms with Crippen LogP contribution in [0.1, 0.15) is 38.0 Å². The summed E-state index contributed by atoms with van der Waals surface area (Å²) in [6, 6.07) is 20.7. The quantitative estimate of drug-likeness (QED) is 0.752. The molecule has 0 saturated carbocycles. The Morgan fingerprint density at radius 1 is 0.833 bits per heavy atom. The number of hydrogen-bond acceptors (Lipinski definition) is 1. The van der Waals surface area contributed by atoms with Gasteiger partial charge in [-0.2, -0.15) is 0 Å². The standard InChI is InChI=1S/C17H20O/c1-14(15-10-6-4-7-11-15)18-17(2,3)16-12-8-5-9-13-16/h4-14H,1-3H3. The fraction of sp³-hybridized carbons (Fsp3) is 0.294. The molecule has 18 heavy (non-hydrogen) atoms. The second-order valence-electron chi connectivity index (χ2n) is 5.05. The molecule has 0 N–H and O–H groups in total. The van der Waals surface area contributed by atoms with E-state index in [0.717, 1.165) is 0 Å². The van der Waals surface area contributed by atoms with Gasteiger partial charge in [0.25, 0.3) is 0 Å². The third kappa shape index (κ3) is 2.99. The zero-order chi connectivity index (χ0) is 13.0. The Morgan fingerprint density at radius 3 is 1.89 bits per heavy atom. The van der Waals surface area contributed by atoms with Crippen LogP contribution >= 0.6 is 0 Å². The minimum absolute atomic E-state index is 0.0846. The second kappa shape index (κ2) is 5.36. The number of rotatable bonds is 4. The number of hydrogen-bond donors (Lipinski definition) is 0. The second-order valence-corrected chi connectivity index (χ2v) is 5.05. The van der Waals surface area contributed by atoms with Gasteiger partial charge in [0.05, 0.1) is 11.7 Å². The molecule has 0 bridgehead atoms. The Bertz CT molecular complexity index is 473. The summed E-state index contributed by atoms with van der Waals surface area (Å²) in [5.41, 5.74) is 2.13.